The molecule has 1 aliphatic rings. The van der Waals surface area contributed by atoms with Crippen molar-refractivity contribution < 1.29 is 32.6 Å². The first-order chi connectivity index (χ1) is 12.8. The third-order valence-electron chi connectivity index (χ3n) is 4.30. The van der Waals surface area contributed by atoms with E-state index in [0.717, 1.165) is 17.0 Å². The van der Waals surface area contributed by atoms with Gasteiger partial charge in [0.1, 0.15) is 17.9 Å². The van der Waals surface area contributed by atoms with Gasteiger partial charge in [-0.15, -0.1) is 0 Å². The Morgan fingerprint density at radius 3 is 2.74 bits per heavy atom. The number of benzene rings is 1. The van der Waals surface area contributed by atoms with Crippen LogP contribution in [0.5, 0.6) is 0 Å². The van der Waals surface area contributed by atoms with Crippen molar-refractivity contribution in [1.82, 2.24) is 10.2 Å². The monoisotopic (exact) mass is 380 g/mol. The van der Waals surface area contributed by atoms with E-state index >= 15 is 0 Å². The zero-order chi connectivity index (χ0) is 19.6. The van der Waals surface area contributed by atoms with Crippen LogP contribution >= 0.6 is 0 Å². The number of nitrogens with zero attached hydrogens (tertiary/aromatic N) is 1. The molecule has 0 radical (unpaired) electrons. The molecule has 3 amide bonds. The van der Waals surface area contributed by atoms with Gasteiger partial charge in [0.2, 0.25) is 0 Å². The average molecular weight is 380 g/mol. The number of ether oxygens (including phenoxy) is 1. The van der Waals surface area contributed by atoms with E-state index in [4.69, 9.17) is 9.15 Å². The molecule has 0 saturated carbocycles. The summed E-state index contributed by atoms with van der Waals surface area (Å²) in [7, 11) is 0. The van der Waals surface area contributed by atoms with E-state index in [9.17, 15) is 23.5 Å². The van der Waals surface area contributed by atoms with E-state index in [1.54, 1.807) is 12.1 Å². The van der Waals surface area contributed by atoms with Crippen LogP contribution in [-0.2, 0) is 21.7 Å². The lowest BCUT2D eigenvalue weighted by Crippen LogP contribution is -2.42. The van der Waals surface area contributed by atoms with Crippen LogP contribution in [0.4, 0.5) is 13.6 Å². The molecule has 27 heavy (non-hydrogen) atoms. The van der Waals surface area contributed by atoms with Crippen LogP contribution in [0.25, 0.3) is 0 Å². The minimum atomic E-state index is -1.56. The van der Waals surface area contributed by atoms with Gasteiger partial charge in [0.05, 0.1) is 25.5 Å². The zero-order valence-corrected chi connectivity index (χ0v) is 14.4. The number of rotatable bonds is 7. The Balaban J connectivity index is 1.63. The maximum Gasteiger partial charge on any atom is 0.325 e. The van der Waals surface area contributed by atoms with Crippen LogP contribution in [0.2, 0.25) is 0 Å². The molecule has 1 aromatic heterocycles. The Hall–Kier alpha value is -2.78. The molecule has 1 fully saturated rings. The van der Waals surface area contributed by atoms with E-state index in [2.05, 4.69) is 5.32 Å². The number of hydrogen-bond acceptors (Lipinski definition) is 5. The first-order valence-electron chi connectivity index (χ1n) is 8.19. The number of carbonyl (C=O) groups excluding carboxylic acids is 2. The van der Waals surface area contributed by atoms with Gasteiger partial charge in [0.25, 0.3) is 5.91 Å². The quantitative estimate of drug-likeness (QED) is 0.716. The van der Waals surface area contributed by atoms with E-state index in [1.165, 1.54) is 19.3 Å². The first-order valence-corrected chi connectivity index (χ1v) is 8.19. The number of hydrogen-bond donors (Lipinski definition) is 2. The second kappa shape index (κ2) is 7.45. The second-order valence-electron chi connectivity index (χ2n) is 6.35. The van der Waals surface area contributed by atoms with Gasteiger partial charge in [-0.25, -0.2) is 13.6 Å². The van der Waals surface area contributed by atoms with Crippen LogP contribution in [-0.4, -0.2) is 41.2 Å². The van der Waals surface area contributed by atoms with Gasteiger partial charge in [-0.05, 0) is 36.8 Å². The van der Waals surface area contributed by atoms with Gasteiger partial charge >= 0.3 is 6.03 Å². The Bertz CT molecular complexity index is 842. The third-order valence-corrected chi connectivity index (χ3v) is 4.30. The number of furan rings is 1. The number of halogens is 2. The van der Waals surface area contributed by atoms with Gasteiger partial charge in [0.15, 0.2) is 11.6 Å². The molecule has 2 heterocycles. The van der Waals surface area contributed by atoms with Crippen molar-refractivity contribution in [2.75, 3.05) is 13.2 Å². The zero-order valence-electron chi connectivity index (χ0n) is 14.4. The summed E-state index contributed by atoms with van der Waals surface area (Å²) in [5.74, 6) is -2.28. The van der Waals surface area contributed by atoms with Crippen molar-refractivity contribution >= 4 is 11.9 Å². The topological polar surface area (TPSA) is 92.0 Å². The van der Waals surface area contributed by atoms with Crippen LogP contribution in [0.1, 0.15) is 18.2 Å². The SMILES string of the molecule is CC1(c2ccc(F)c(F)c2)NC(=O)N(CC(O)COCc2ccco2)C1=O. The number of carbonyl (C=O) groups is 2. The van der Waals surface area contributed by atoms with Crippen molar-refractivity contribution in [1.29, 1.82) is 0 Å². The van der Waals surface area contributed by atoms with Crippen molar-refractivity contribution in [3.8, 4) is 0 Å². The fourth-order valence-electron chi connectivity index (χ4n) is 2.82. The van der Waals surface area contributed by atoms with Crippen molar-refractivity contribution in [3.63, 3.8) is 0 Å². The molecule has 2 unspecified atom stereocenters. The molecule has 144 valence electrons. The van der Waals surface area contributed by atoms with Crippen molar-refractivity contribution in [3.05, 3.63) is 59.6 Å². The van der Waals surface area contributed by atoms with Gasteiger partial charge in [-0.1, -0.05) is 6.07 Å². The molecule has 7 nitrogen and oxygen atoms in total. The summed E-state index contributed by atoms with van der Waals surface area (Å²) in [5, 5.41) is 12.5. The highest BCUT2D eigenvalue weighted by atomic mass is 19.2. The molecule has 1 aliphatic heterocycles. The summed E-state index contributed by atoms with van der Waals surface area (Å²) in [4.78, 5) is 25.7. The summed E-state index contributed by atoms with van der Waals surface area (Å²) in [5.41, 5.74) is -1.45. The van der Waals surface area contributed by atoms with Gasteiger partial charge < -0.3 is 19.6 Å². The van der Waals surface area contributed by atoms with Crippen LogP contribution in [0.15, 0.2) is 41.0 Å². The Kier molecular flexibility index (Phi) is 5.24. The normalized spacial score (nSPS) is 20.8. The smallest absolute Gasteiger partial charge is 0.325 e. The first kappa shape index (κ1) is 19.0. The lowest BCUT2D eigenvalue weighted by atomic mass is 9.92. The fraction of sp³-hybridized carbons (Fsp3) is 0.333. The van der Waals surface area contributed by atoms with Crippen LogP contribution in [0, 0.1) is 11.6 Å². The van der Waals surface area contributed by atoms with E-state index in [-0.39, 0.29) is 25.3 Å². The lowest BCUT2D eigenvalue weighted by molar-refractivity contribution is -0.132. The van der Waals surface area contributed by atoms with Gasteiger partial charge in [-0.3, -0.25) is 9.69 Å². The van der Waals surface area contributed by atoms with E-state index < -0.39 is 35.2 Å². The Morgan fingerprint density at radius 1 is 1.30 bits per heavy atom. The molecule has 2 aromatic rings. The van der Waals surface area contributed by atoms with Crippen LogP contribution in [0.3, 0.4) is 0 Å². The van der Waals surface area contributed by atoms with Crippen molar-refractivity contribution in [2.45, 2.75) is 25.2 Å². The number of urea groups is 1. The summed E-state index contributed by atoms with van der Waals surface area (Å²) in [6.07, 6.45) is 0.364. The molecule has 0 spiro atoms. The number of β-amino-alcohol motifs (C(OH)–C–C–N with tert-alkyl or cyclic N) is 1. The molecule has 2 N–H and O–H groups in total. The highest BCUT2D eigenvalue weighted by Gasteiger charge is 2.49. The van der Waals surface area contributed by atoms with Gasteiger partial charge in [0, 0.05) is 0 Å². The maximum atomic E-state index is 13.5. The molecular weight excluding hydrogens is 362 g/mol. The number of nitrogens with one attached hydrogen (secondary N) is 1. The largest absolute Gasteiger partial charge is 0.467 e. The van der Waals surface area contributed by atoms with E-state index in [0.29, 0.717) is 5.76 Å². The molecule has 1 aromatic carbocycles. The summed E-state index contributed by atoms with van der Waals surface area (Å²) in [6.45, 7) is 1.10. The molecule has 0 aliphatic carbocycles. The summed E-state index contributed by atoms with van der Waals surface area (Å²) >= 11 is 0. The maximum absolute atomic E-state index is 13.5. The summed E-state index contributed by atoms with van der Waals surface area (Å²) < 4.78 is 37.0. The number of aliphatic hydroxyl groups is 1. The molecule has 9 heteroatoms. The third kappa shape index (κ3) is 3.83. The molecular formula is C18H18F2N2O5. The van der Waals surface area contributed by atoms with Crippen molar-refractivity contribution in [2.24, 2.45) is 0 Å². The highest BCUT2D eigenvalue weighted by molar-refractivity contribution is 6.07. The van der Waals surface area contributed by atoms with Gasteiger partial charge in [-0.2, -0.15) is 0 Å². The standard InChI is InChI=1S/C18H18F2N2O5/c1-18(11-4-5-14(19)15(20)7-11)16(24)22(17(25)21-18)8-12(23)9-26-10-13-3-2-6-27-13/h2-7,12,23H,8-10H2,1H3,(H,21,25). The number of aliphatic hydroxyl groups excluding tert-OH is 1. The minimum absolute atomic E-state index is 0.103. The Labute approximate surface area is 153 Å². The fourth-order valence-corrected chi connectivity index (χ4v) is 2.82. The second-order valence-corrected chi connectivity index (χ2v) is 6.35. The predicted octanol–water partition coefficient (Wildman–Crippen LogP) is 1.90. The highest BCUT2D eigenvalue weighted by Crippen LogP contribution is 2.29. The Morgan fingerprint density at radius 2 is 2.07 bits per heavy atom. The average Bonchev–Trinajstić information content (AvgIpc) is 3.21. The predicted molar refractivity (Wildman–Crippen MR) is 88.3 cm³/mol. The molecule has 1 saturated heterocycles. The van der Waals surface area contributed by atoms with E-state index in [1.807, 2.05) is 0 Å². The molecule has 0 bridgehead atoms. The number of amides is 3. The molecule has 2 atom stereocenters. The lowest BCUT2D eigenvalue weighted by Gasteiger charge is -2.23. The minimum Gasteiger partial charge on any atom is -0.467 e. The number of imide groups is 1. The van der Waals surface area contributed by atoms with Crippen LogP contribution < -0.4 is 5.32 Å². The molecule has 3 rings (SSSR count). The summed E-state index contributed by atoms with van der Waals surface area (Å²) in [6, 6.07) is 5.63.